The summed E-state index contributed by atoms with van der Waals surface area (Å²) in [5, 5.41) is -5.93. The maximum atomic E-state index is 13.5. The van der Waals surface area contributed by atoms with E-state index in [2.05, 4.69) is 20.8 Å². The molecule has 0 rings (SSSR count). The molecule has 0 aromatic carbocycles. The van der Waals surface area contributed by atoms with Gasteiger partial charge in [-0.25, -0.2) is 9.59 Å². The normalized spacial score (nSPS) is 14.8. The Kier molecular flexibility index (Phi) is 9.96. The number of hydrogen-bond donors (Lipinski definition) is 1. The minimum atomic E-state index is -6.54. The molecule has 0 bridgehead atoms. The summed E-state index contributed by atoms with van der Waals surface area (Å²) in [6.07, 6.45) is -10.2. The van der Waals surface area contributed by atoms with Crippen molar-refractivity contribution in [3.8, 4) is 0 Å². The number of Topliss-reactive ketones (excluding diaryl/α,β-unsaturated/α-hetero) is 1. The number of hydrogen-bond acceptors (Lipinski definition) is 8. The van der Waals surface area contributed by atoms with E-state index in [1.165, 1.54) is 0 Å². The fourth-order valence-corrected chi connectivity index (χ4v) is 2.31. The van der Waals surface area contributed by atoms with E-state index in [9.17, 15) is 57.9 Å². The number of ether oxygens (including phenoxy) is 3. The highest BCUT2D eigenvalue weighted by Crippen LogP contribution is 2.42. The van der Waals surface area contributed by atoms with Crippen LogP contribution in [0, 0.1) is 0 Å². The minimum Gasteiger partial charge on any atom is -0.453 e. The average Bonchev–Trinajstić information content (AvgIpc) is 2.62. The molecule has 1 N–H and O–H groups in total. The van der Waals surface area contributed by atoms with Crippen LogP contribution in [0.3, 0.4) is 0 Å². The second-order valence-corrected chi connectivity index (χ2v) is 7.65. The van der Waals surface area contributed by atoms with Crippen LogP contribution in [-0.2, 0) is 38.7 Å². The SMILES string of the molecule is C=C(F)C(=O)OC(OCCCCC(F)(F)C(F)(F)S(=O)(=O)O)(C(=O)OCC(C)=O)C(F)(F)F. The Hall–Kier alpha value is -2.34. The minimum absolute atomic E-state index is 0.779. The van der Waals surface area contributed by atoms with Gasteiger partial charge in [-0.1, -0.05) is 6.58 Å². The summed E-state index contributed by atoms with van der Waals surface area (Å²) in [4.78, 5) is 34.0. The molecule has 0 radical (unpaired) electrons. The number of esters is 2. The standard InChI is InChI=1S/C15H16F8O9S/c1-8(24)7-30-11(26)13(14(19,20)21,32-10(25)9(2)16)31-6-4-3-5-12(17,18)15(22,23)33(27,28)29/h2-7H2,1H3,(H,27,28,29). The van der Waals surface area contributed by atoms with Crippen molar-refractivity contribution in [1.29, 1.82) is 0 Å². The van der Waals surface area contributed by atoms with E-state index in [1.807, 2.05) is 0 Å². The van der Waals surface area contributed by atoms with Crippen LogP contribution in [0.15, 0.2) is 12.4 Å². The number of ketones is 1. The van der Waals surface area contributed by atoms with Crippen LogP contribution in [0.1, 0.15) is 26.2 Å². The highest BCUT2D eigenvalue weighted by Gasteiger charge is 2.68. The molecule has 0 aliphatic carbocycles. The average molecular weight is 524 g/mol. The Morgan fingerprint density at radius 1 is 1.00 bits per heavy atom. The second kappa shape index (κ2) is 10.7. The van der Waals surface area contributed by atoms with Crippen LogP contribution in [0.25, 0.3) is 0 Å². The van der Waals surface area contributed by atoms with Gasteiger partial charge in [0, 0.05) is 6.42 Å². The molecule has 0 amide bonds. The van der Waals surface area contributed by atoms with E-state index in [4.69, 9.17) is 4.55 Å². The number of rotatable bonds is 13. The lowest BCUT2D eigenvalue weighted by atomic mass is 10.1. The second-order valence-electron chi connectivity index (χ2n) is 6.19. The summed E-state index contributed by atoms with van der Waals surface area (Å²) in [5.74, 6) is -18.2. The van der Waals surface area contributed by atoms with Crippen LogP contribution in [0.5, 0.6) is 0 Å². The summed E-state index contributed by atoms with van der Waals surface area (Å²) in [6.45, 7) is 0.410. The van der Waals surface area contributed by atoms with Crippen molar-refractivity contribution >= 4 is 27.8 Å². The number of unbranched alkanes of at least 4 members (excludes halogenated alkanes) is 1. The van der Waals surface area contributed by atoms with Crippen LogP contribution in [-0.4, -0.2) is 67.0 Å². The number of carbonyl (C=O) groups excluding carboxylic acids is 3. The maximum absolute atomic E-state index is 13.5. The summed E-state index contributed by atoms with van der Waals surface area (Å²) < 4.78 is 147. The highest BCUT2D eigenvalue weighted by atomic mass is 32.2. The molecule has 0 spiro atoms. The smallest absolute Gasteiger partial charge is 0.453 e. The van der Waals surface area contributed by atoms with E-state index >= 15 is 0 Å². The first-order valence-corrected chi connectivity index (χ1v) is 9.74. The lowest BCUT2D eigenvalue weighted by Crippen LogP contribution is -2.58. The molecule has 0 saturated heterocycles. The van der Waals surface area contributed by atoms with Crippen LogP contribution in [0.4, 0.5) is 35.1 Å². The van der Waals surface area contributed by atoms with Gasteiger partial charge in [-0.2, -0.15) is 43.5 Å². The van der Waals surface area contributed by atoms with Gasteiger partial charge in [0.05, 0.1) is 6.61 Å². The van der Waals surface area contributed by atoms with Gasteiger partial charge >= 0.3 is 45.2 Å². The third kappa shape index (κ3) is 7.60. The van der Waals surface area contributed by atoms with Crippen LogP contribution >= 0.6 is 0 Å². The molecule has 0 fully saturated rings. The van der Waals surface area contributed by atoms with E-state index in [0.29, 0.717) is 0 Å². The van der Waals surface area contributed by atoms with Crippen LogP contribution < -0.4 is 0 Å². The third-order valence-electron chi connectivity index (χ3n) is 3.45. The Morgan fingerprint density at radius 3 is 1.91 bits per heavy atom. The predicted molar refractivity (Wildman–Crippen MR) is 88.0 cm³/mol. The molecular formula is C15H16F8O9S. The molecule has 192 valence electrons. The molecular weight excluding hydrogens is 508 g/mol. The van der Waals surface area contributed by atoms with Crippen molar-refractivity contribution in [3.05, 3.63) is 12.4 Å². The number of alkyl halides is 7. The molecule has 1 atom stereocenters. The van der Waals surface area contributed by atoms with Crippen molar-refractivity contribution in [3.63, 3.8) is 0 Å². The Bertz CT molecular complexity index is 869. The first kappa shape index (κ1) is 30.7. The Balaban J connectivity index is 5.58. The van der Waals surface area contributed by atoms with Gasteiger partial charge < -0.3 is 14.2 Å². The zero-order valence-electron chi connectivity index (χ0n) is 16.4. The number of halogens is 8. The molecule has 0 saturated carbocycles. The van der Waals surface area contributed by atoms with Crippen molar-refractivity contribution in [2.24, 2.45) is 0 Å². The first-order chi connectivity index (χ1) is 14.6. The molecule has 1 unspecified atom stereocenters. The van der Waals surface area contributed by atoms with Gasteiger partial charge in [-0.05, 0) is 19.8 Å². The van der Waals surface area contributed by atoms with E-state index in [1.54, 1.807) is 0 Å². The van der Waals surface area contributed by atoms with E-state index < -0.39 is 89.3 Å². The van der Waals surface area contributed by atoms with Gasteiger partial charge in [0.1, 0.15) is 6.61 Å². The third-order valence-corrected chi connectivity index (χ3v) is 4.39. The summed E-state index contributed by atoms with van der Waals surface area (Å²) in [5.41, 5.74) is 0. The quantitative estimate of drug-likeness (QED) is 0.0964. The zero-order chi connectivity index (χ0) is 26.5. The van der Waals surface area contributed by atoms with Gasteiger partial charge in [-0.3, -0.25) is 9.35 Å². The van der Waals surface area contributed by atoms with Gasteiger partial charge in [0.15, 0.2) is 5.78 Å². The Labute approximate surface area is 180 Å². The zero-order valence-corrected chi connectivity index (χ0v) is 17.2. The lowest BCUT2D eigenvalue weighted by molar-refractivity contribution is -0.354. The molecule has 9 nitrogen and oxygen atoms in total. The van der Waals surface area contributed by atoms with Crippen molar-refractivity contribution in [2.45, 2.75) is 49.3 Å². The fourth-order valence-electron chi connectivity index (χ4n) is 1.83. The summed E-state index contributed by atoms with van der Waals surface area (Å²) >= 11 is 0. The van der Waals surface area contributed by atoms with Crippen molar-refractivity contribution in [2.75, 3.05) is 13.2 Å². The topological polar surface area (TPSA) is 133 Å². The molecule has 0 aliphatic rings. The lowest BCUT2D eigenvalue weighted by Gasteiger charge is -2.32. The van der Waals surface area contributed by atoms with Crippen molar-refractivity contribution in [1.82, 2.24) is 0 Å². The van der Waals surface area contributed by atoms with Gasteiger partial charge in [-0.15, -0.1) is 0 Å². The Morgan fingerprint density at radius 2 is 1.52 bits per heavy atom. The van der Waals surface area contributed by atoms with Crippen LogP contribution in [0.2, 0.25) is 0 Å². The van der Waals surface area contributed by atoms with E-state index in [-0.39, 0.29) is 0 Å². The van der Waals surface area contributed by atoms with Gasteiger partial charge in [0.2, 0.25) is 5.83 Å². The fraction of sp³-hybridized carbons (Fsp3) is 0.667. The molecule has 0 heterocycles. The van der Waals surface area contributed by atoms with Gasteiger partial charge in [0.25, 0.3) is 0 Å². The molecule has 33 heavy (non-hydrogen) atoms. The predicted octanol–water partition coefficient (Wildman–Crippen LogP) is 2.71. The summed E-state index contributed by atoms with van der Waals surface area (Å²) in [6, 6.07) is 0. The largest absolute Gasteiger partial charge is 0.468 e. The highest BCUT2D eigenvalue weighted by molar-refractivity contribution is 7.87. The molecule has 18 heteroatoms. The summed E-state index contributed by atoms with van der Waals surface area (Å²) in [7, 11) is -6.54. The van der Waals surface area contributed by atoms with E-state index in [0.717, 1.165) is 6.92 Å². The number of carbonyl (C=O) groups is 3. The molecule has 0 aliphatic heterocycles. The first-order valence-electron chi connectivity index (χ1n) is 8.30. The van der Waals surface area contributed by atoms with Crippen molar-refractivity contribution < 1.29 is 76.7 Å². The molecule has 0 aromatic heterocycles. The maximum Gasteiger partial charge on any atom is 0.468 e. The molecule has 0 aromatic rings. The monoisotopic (exact) mass is 524 g/mol.